The van der Waals surface area contributed by atoms with E-state index in [1.54, 1.807) is 14.0 Å². The van der Waals surface area contributed by atoms with Crippen LogP contribution in [0, 0.1) is 0 Å². The maximum atomic E-state index is 10.6. The van der Waals surface area contributed by atoms with Gasteiger partial charge in [-0.1, -0.05) is 0 Å². The summed E-state index contributed by atoms with van der Waals surface area (Å²) in [7, 11) is 2.90. The first-order valence-electron chi connectivity index (χ1n) is 5.91. The van der Waals surface area contributed by atoms with Gasteiger partial charge in [-0.05, 0) is 13.8 Å². The van der Waals surface area contributed by atoms with E-state index in [2.05, 4.69) is 14.2 Å². The molecule has 0 N–H and O–H groups in total. The number of methoxy groups -OCH3 is 2. The van der Waals surface area contributed by atoms with Crippen LogP contribution in [-0.2, 0) is 28.5 Å². The van der Waals surface area contributed by atoms with Crippen LogP contribution in [0.2, 0.25) is 0 Å². The van der Waals surface area contributed by atoms with Crippen molar-refractivity contribution in [1.29, 1.82) is 0 Å². The molecule has 0 saturated carbocycles. The predicted molar refractivity (Wildman–Crippen MR) is 66.3 cm³/mol. The summed E-state index contributed by atoms with van der Waals surface area (Å²) in [6.45, 7) is 5.69. The van der Waals surface area contributed by atoms with E-state index in [1.807, 2.05) is 6.92 Å². The minimum Gasteiger partial charge on any atom is -0.469 e. The van der Waals surface area contributed by atoms with Gasteiger partial charge in [-0.2, -0.15) is 0 Å². The van der Waals surface area contributed by atoms with Gasteiger partial charge in [0.25, 0.3) is 0 Å². The van der Waals surface area contributed by atoms with Gasteiger partial charge in [0, 0.05) is 13.7 Å². The molecule has 0 aromatic carbocycles. The van der Waals surface area contributed by atoms with Crippen molar-refractivity contribution in [3.8, 4) is 0 Å². The van der Waals surface area contributed by atoms with Crippen molar-refractivity contribution in [2.45, 2.75) is 26.7 Å². The average molecular weight is 264 g/mol. The molecule has 0 radical (unpaired) electrons. The Morgan fingerprint density at radius 2 is 1.50 bits per heavy atom. The number of rotatable bonds is 8. The van der Waals surface area contributed by atoms with E-state index < -0.39 is 0 Å². The van der Waals surface area contributed by atoms with Gasteiger partial charge in [0.05, 0.1) is 39.8 Å². The molecule has 108 valence electrons. The number of carbonyl (C=O) groups excluding carboxylic acids is 2. The Labute approximate surface area is 109 Å². The Morgan fingerprint density at radius 1 is 0.889 bits per heavy atom. The largest absolute Gasteiger partial charge is 0.469 e. The van der Waals surface area contributed by atoms with E-state index in [1.165, 1.54) is 7.11 Å². The van der Waals surface area contributed by atoms with Crippen molar-refractivity contribution in [3.05, 3.63) is 0 Å². The molecule has 0 amide bonds. The van der Waals surface area contributed by atoms with Crippen LogP contribution in [0.4, 0.5) is 0 Å². The lowest BCUT2D eigenvalue weighted by atomic mass is 10.5. The van der Waals surface area contributed by atoms with E-state index in [9.17, 15) is 9.59 Å². The highest BCUT2D eigenvalue weighted by Gasteiger charge is 1.98. The van der Waals surface area contributed by atoms with Gasteiger partial charge in [0.15, 0.2) is 0 Å². The Hall–Kier alpha value is -1.14. The number of esters is 2. The molecule has 0 unspecified atom stereocenters. The van der Waals surface area contributed by atoms with Crippen molar-refractivity contribution in [2.24, 2.45) is 0 Å². The van der Waals surface area contributed by atoms with Crippen LogP contribution in [-0.4, -0.2) is 52.6 Å². The molecule has 0 aromatic heterocycles. The fraction of sp³-hybridized carbons (Fsp3) is 0.833. The zero-order chi connectivity index (χ0) is 14.2. The lowest BCUT2D eigenvalue weighted by Gasteiger charge is -2.00. The van der Waals surface area contributed by atoms with Crippen molar-refractivity contribution >= 4 is 11.9 Å². The third-order valence-corrected chi connectivity index (χ3v) is 1.70. The Morgan fingerprint density at radius 3 is 1.94 bits per heavy atom. The summed E-state index contributed by atoms with van der Waals surface area (Å²) in [6.07, 6.45) is 0.703. The molecule has 0 aromatic rings. The van der Waals surface area contributed by atoms with Crippen LogP contribution in [0.25, 0.3) is 0 Å². The topological polar surface area (TPSA) is 71.1 Å². The zero-order valence-electron chi connectivity index (χ0n) is 11.7. The van der Waals surface area contributed by atoms with Crippen LogP contribution >= 0.6 is 0 Å². The van der Waals surface area contributed by atoms with E-state index in [4.69, 9.17) is 4.74 Å². The van der Waals surface area contributed by atoms with Gasteiger partial charge in [0.2, 0.25) is 0 Å². The van der Waals surface area contributed by atoms with E-state index >= 15 is 0 Å². The fourth-order valence-electron chi connectivity index (χ4n) is 0.820. The molecule has 0 heterocycles. The van der Waals surface area contributed by atoms with E-state index in [-0.39, 0.29) is 11.9 Å². The Bertz CT molecular complexity index is 205. The van der Waals surface area contributed by atoms with Gasteiger partial charge in [-0.3, -0.25) is 9.59 Å². The number of ether oxygens (including phenoxy) is 4. The highest BCUT2D eigenvalue weighted by atomic mass is 16.5. The second kappa shape index (κ2) is 15.9. The zero-order valence-corrected chi connectivity index (χ0v) is 11.7. The molecule has 0 aliphatic carbocycles. The minimum atomic E-state index is -0.230. The van der Waals surface area contributed by atoms with Gasteiger partial charge in [0.1, 0.15) is 0 Å². The third kappa shape index (κ3) is 17.3. The third-order valence-electron chi connectivity index (χ3n) is 1.70. The summed E-state index contributed by atoms with van der Waals surface area (Å²) in [5, 5.41) is 0. The summed E-state index contributed by atoms with van der Waals surface area (Å²) in [6, 6.07) is 0. The molecule has 0 rings (SSSR count). The quantitative estimate of drug-likeness (QED) is 0.484. The molecule has 0 spiro atoms. The highest BCUT2D eigenvalue weighted by Crippen LogP contribution is 1.86. The van der Waals surface area contributed by atoms with E-state index in [0.717, 1.165) is 0 Å². The number of carbonyl (C=O) groups is 2. The summed E-state index contributed by atoms with van der Waals surface area (Å²) < 4.78 is 18.6. The van der Waals surface area contributed by atoms with Gasteiger partial charge in [-0.15, -0.1) is 0 Å². The Kier molecular flexibility index (Phi) is 16.9. The van der Waals surface area contributed by atoms with Crippen molar-refractivity contribution in [3.63, 3.8) is 0 Å². The Balaban J connectivity index is 0. The van der Waals surface area contributed by atoms with Crippen LogP contribution in [0.5, 0.6) is 0 Å². The molecular formula is C12H24O6. The first-order chi connectivity index (χ1) is 8.62. The molecule has 6 heteroatoms. The van der Waals surface area contributed by atoms with Gasteiger partial charge in [-0.25, -0.2) is 0 Å². The second-order valence-corrected chi connectivity index (χ2v) is 3.07. The summed E-state index contributed by atoms with van der Waals surface area (Å²) in [5.74, 6) is -0.414. The maximum absolute atomic E-state index is 10.6. The van der Waals surface area contributed by atoms with Crippen LogP contribution in [0.1, 0.15) is 26.7 Å². The molecule has 0 aliphatic heterocycles. The van der Waals surface area contributed by atoms with Crippen LogP contribution < -0.4 is 0 Å². The lowest BCUT2D eigenvalue weighted by Crippen LogP contribution is -2.07. The maximum Gasteiger partial charge on any atom is 0.308 e. The molecule has 6 nitrogen and oxygen atoms in total. The molecule has 0 aliphatic rings. The molecule has 0 fully saturated rings. The first-order valence-corrected chi connectivity index (χ1v) is 5.91. The SMILES string of the molecule is CCOCCC(=O)OCC.COCCC(=O)OC. The fourth-order valence-corrected chi connectivity index (χ4v) is 0.820. The summed E-state index contributed by atoms with van der Waals surface area (Å²) >= 11 is 0. The normalized spacial score (nSPS) is 9.11. The highest BCUT2D eigenvalue weighted by molar-refractivity contribution is 5.69. The molecular weight excluding hydrogens is 240 g/mol. The average Bonchev–Trinajstić information content (AvgIpc) is 2.37. The first kappa shape index (κ1) is 19.2. The molecule has 0 saturated heterocycles. The summed E-state index contributed by atoms with van der Waals surface area (Å²) in [4.78, 5) is 20.9. The molecule has 0 bridgehead atoms. The number of hydrogen-bond acceptors (Lipinski definition) is 6. The van der Waals surface area contributed by atoms with Crippen LogP contribution in [0.15, 0.2) is 0 Å². The van der Waals surface area contributed by atoms with Gasteiger partial charge < -0.3 is 18.9 Å². The van der Waals surface area contributed by atoms with Gasteiger partial charge >= 0.3 is 11.9 Å². The minimum absolute atomic E-state index is 0.184. The van der Waals surface area contributed by atoms with Crippen molar-refractivity contribution in [1.82, 2.24) is 0 Å². The standard InChI is InChI=1S/C7H14O3.C5H10O3/c1-3-9-6-5-7(8)10-4-2;1-7-4-3-5(6)8-2/h3-6H2,1-2H3;3-4H2,1-2H3. The van der Waals surface area contributed by atoms with E-state index in [0.29, 0.717) is 39.3 Å². The lowest BCUT2D eigenvalue weighted by molar-refractivity contribution is -0.144. The number of hydrogen-bond donors (Lipinski definition) is 0. The monoisotopic (exact) mass is 264 g/mol. The van der Waals surface area contributed by atoms with Crippen LogP contribution in [0.3, 0.4) is 0 Å². The van der Waals surface area contributed by atoms with Crippen molar-refractivity contribution in [2.75, 3.05) is 40.6 Å². The summed E-state index contributed by atoms with van der Waals surface area (Å²) in [5.41, 5.74) is 0. The predicted octanol–water partition coefficient (Wildman–Crippen LogP) is 1.17. The van der Waals surface area contributed by atoms with Crippen molar-refractivity contribution < 1.29 is 28.5 Å². The smallest absolute Gasteiger partial charge is 0.308 e. The second-order valence-electron chi connectivity index (χ2n) is 3.07. The molecule has 18 heavy (non-hydrogen) atoms. The molecule has 0 atom stereocenters.